The molecule has 2 saturated heterocycles. The SMILES string of the molecule is CCCCCCCCCCCCSC(=S)SC(C)(CC(CC(CC(C)(CC(CC(C)(C)C(=O)O)c1ccc(CCCCCCCCCCCC)cc1)C(=O)OC1CC(C)(C)NC(C)(C)C1)c1ccc(S(=O)(=O)OCC(C)(C)C)cc1)c1ccc(CCCCCCCCCCCC)cc1)C(=O)OC1CC(C)(C)NC(C)(C)C1. The average Bonchev–Trinajstić information content (AvgIpc) is 0.782. The Hall–Kier alpha value is -3.31. The van der Waals surface area contributed by atoms with Crippen molar-refractivity contribution < 1.29 is 41.6 Å². The molecule has 111 heavy (non-hydrogen) atoms. The first-order chi connectivity index (χ1) is 52.2. The molecule has 5 rings (SSSR count). The predicted molar refractivity (Wildman–Crippen MR) is 478 cm³/mol. The lowest BCUT2D eigenvalue weighted by Crippen LogP contribution is -2.60. The number of carboxylic acids is 1. The number of thioether (sulfide) groups is 2. The quantitative estimate of drug-likeness (QED) is 0.0212. The van der Waals surface area contributed by atoms with Crippen LogP contribution >= 0.6 is 35.7 Å². The van der Waals surface area contributed by atoms with E-state index in [0.717, 1.165) is 61.0 Å². The van der Waals surface area contributed by atoms with Crippen LogP contribution in [0.25, 0.3) is 0 Å². The Labute approximate surface area is 693 Å². The van der Waals surface area contributed by atoms with E-state index in [-0.39, 0.29) is 76.9 Å². The van der Waals surface area contributed by atoms with Gasteiger partial charge in [0.25, 0.3) is 10.1 Å². The third kappa shape index (κ3) is 37.9. The molecule has 0 aliphatic carbocycles. The number of benzene rings is 3. The number of thiocarbonyl (C=S) groups is 1. The Morgan fingerprint density at radius 1 is 0.468 bits per heavy atom. The second-order valence-corrected chi connectivity index (χ2v) is 44.8. The smallest absolute Gasteiger partial charge is 0.322 e. The summed E-state index contributed by atoms with van der Waals surface area (Å²) in [7, 11) is -4.19. The summed E-state index contributed by atoms with van der Waals surface area (Å²) in [4.78, 5) is 46.0. The van der Waals surface area contributed by atoms with Crippen LogP contribution in [0.1, 0.15) is 421 Å². The number of rotatable bonds is 55. The summed E-state index contributed by atoms with van der Waals surface area (Å²) in [5, 5.41) is 18.7. The van der Waals surface area contributed by atoms with Gasteiger partial charge in [-0.2, -0.15) is 8.42 Å². The maximum atomic E-state index is 16.5. The van der Waals surface area contributed by atoms with Gasteiger partial charge in [0, 0.05) is 47.8 Å². The molecule has 3 N–H and O–H groups in total. The van der Waals surface area contributed by atoms with Crippen molar-refractivity contribution in [3.63, 3.8) is 0 Å². The third-order valence-electron chi connectivity index (χ3n) is 23.6. The molecule has 2 fully saturated rings. The molecule has 15 heteroatoms. The van der Waals surface area contributed by atoms with Crippen LogP contribution in [-0.2, 0) is 51.0 Å². The number of carbonyl (C=O) groups is 3. The fourth-order valence-corrected chi connectivity index (χ4v) is 22.2. The molecule has 3 aromatic rings. The molecular formula is C96H160N2O9S4. The van der Waals surface area contributed by atoms with Gasteiger partial charge in [0.15, 0.2) is 0 Å². The minimum Gasteiger partial charge on any atom is -0.481 e. The van der Waals surface area contributed by atoms with E-state index < -0.39 is 55.0 Å². The van der Waals surface area contributed by atoms with Crippen molar-refractivity contribution in [1.82, 2.24) is 10.6 Å². The molecule has 0 saturated carbocycles. The summed E-state index contributed by atoms with van der Waals surface area (Å²) < 4.78 is 47.7. The Bertz CT molecular complexity index is 3250. The zero-order valence-corrected chi connectivity index (χ0v) is 76.8. The van der Waals surface area contributed by atoms with Crippen molar-refractivity contribution in [3.8, 4) is 0 Å². The maximum Gasteiger partial charge on any atom is 0.322 e. The number of piperidine rings is 2. The number of hydrogen-bond acceptors (Lipinski definition) is 13. The summed E-state index contributed by atoms with van der Waals surface area (Å²) in [5.74, 6) is -1.88. The van der Waals surface area contributed by atoms with E-state index in [1.54, 1.807) is 37.7 Å². The van der Waals surface area contributed by atoms with Crippen molar-refractivity contribution >= 4 is 67.3 Å². The van der Waals surface area contributed by atoms with Crippen LogP contribution in [0, 0.1) is 16.2 Å². The Morgan fingerprint density at radius 2 is 0.802 bits per heavy atom. The zero-order valence-electron chi connectivity index (χ0n) is 73.6. The molecule has 3 aromatic carbocycles. The highest BCUT2D eigenvalue weighted by molar-refractivity contribution is 8.47. The van der Waals surface area contributed by atoms with Crippen molar-refractivity contribution in [1.29, 1.82) is 0 Å². The fourth-order valence-electron chi connectivity index (χ4n) is 17.9. The highest BCUT2D eigenvalue weighted by Gasteiger charge is 2.49. The van der Waals surface area contributed by atoms with E-state index in [0.29, 0.717) is 42.1 Å². The van der Waals surface area contributed by atoms with Crippen LogP contribution in [0.2, 0.25) is 0 Å². The molecule has 11 nitrogen and oxygen atoms in total. The fraction of sp³-hybridized carbons (Fsp3) is 0.771. The molecule has 632 valence electrons. The van der Waals surface area contributed by atoms with Gasteiger partial charge >= 0.3 is 17.9 Å². The van der Waals surface area contributed by atoms with Crippen molar-refractivity contribution in [2.24, 2.45) is 16.2 Å². The summed E-state index contributed by atoms with van der Waals surface area (Å²) in [6.07, 6.45) is 42.9. The Kier molecular flexibility index (Phi) is 42.4. The van der Waals surface area contributed by atoms with E-state index in [9.17, 15) is 18.3 Å². The van der Waals surface area contributed by atoms with Gasteiger partial charge in [-0.15, -0.1) is 11.8 Å². The molecule has 0 bridgehead atoms. The van der Waals surface area contributed by atoms with Crippen molar-refractivity contribution in [2.45, 2.75) is 450 Å². The zero-order chi connectivity index (χ0) is 82.0. The molecule has 2 aliphatic heterocycles. The molecule has 0 amide bonds. The minimum atomic E-state index is -4.19. The van der Waals surface area contributed by atoms with E-state index in [2.05, 4.69) is 135 Å². The summed E-state index contributed by atoms with van der Waals surface area (Å²) in [6.45, 7) is 37.7. The molecule has 5 atom stereocenters. The van der Waals surface area contributed by atoms with Gasteiger partial charge in [0.05, 0.1) is 22.3 Å². The summed E-state index contributed by atoms with van der Waals surface area (Å²) in [6, 6.07) is 24.9. The normalized spacial score (nSPS) is 18.0. The average molecular weight is 1610 g/mol. The number of unbranched alkanes of at least 4 members (excludes halogenated alkanes) is 27. The van der Waals surface area contributed by atoms with Gasteiger partial charge in [-0.3, -0.25) is 18.6 Å². The molecule has 0 spiro atoms. The highest BCUT2D eigenvalue weighted by atomic mass is 32.2. The lowest BCUT2D eigenvalue weighted by atomic mass is 9.66. The van der Waals surface area contributed by atoms with Gasteiger partial charge in [0.2, 0.25) is 0 Å². The number of hydrogen-bond donors (Lipinski definition) is 3. The van der Waals surface area contributed by atoms with Crippen LogP contribution in [-0.4, -0.2) is 86.4 Å². The minimum absolute atomic E-state index is 0.000873. The predicted octanol–water partition coefficient (Wildman–Crippen LogP) is 27.2. The lowest BCUT2D eigenvalue weighted by molar-refractivity contribution is -0.166. The van der Waals surface area contributed by atoms with E-state index in [1.807, 2.05) is 46.8 Å². The maximum absolute atomic E-state index is 16.5. The van der Waals surface area contributed by atoms with E-state index in [1.165, 1.54) is 190 Å². The number of ether oxygens (including phenoxy) is 2. The Morgan fingerprint density at radius 3 is 1.18 bits per heavy atom. The monoisotopic (exact) mass is 1610 g/mol. The number of nitrogens with one attached hydrogen (secondary N) is 2. The first-order valence-corrected chi connectivity index (χ1v) is 48.1. The topological polar surface area (TPSA) is 157 Å². The number of carbonyl (C=O) groups excluding carboxylic acids is 2. The van der Waals surface area contributed by atoms with Crippen LogP contribution in [0.5, 0.6) is 0 Å². The lowest BCUT2D eigenvalue weighted by Gasteiger charge is -2.47. The molecule has 2 heterocycles. The van der Waals surface area contributed by atoms with Gasteiger partial charge < -0.3 is 25.2 Å². The van der Waals surface area contributed by atoms with Gasteiger partial charge in [-0.25, -0.2) is 0 Å². The number of carboxylic acid groups (broad SMARTS) is 1. The van der Waals surface area contributed by atoms with Gasteiger partial charge in [0.1, 0.15) is 20.5 Å². The van der Waals surface area contributed by atoms with Gasteiger partial charge in [-0.05, 0) is 216 Å². The van der Waals surface area contributed by atoms with E-state index >= 15 is 9.59 Å². The van der Waals surface area contributed by atoms with Crippen LogP contribution in [0.3, 0.4) is 0 Å². The van der Waals surface area contributed by atoms with Crippen LogP contribution < -0.4 is 10.6 Å². The molecule has 0 radical (unpaired) electrons. The molecule has 2 aliphatic rings. The summed E-state index contributed by atoms with van der Waals surface area (Å²) >= 11 is 9.58. The first-order valence-electron chi connectivity index (χ1n) is 44.5. The highest BCUT2D eigenvalue weighted by Crippen LogP contribution is 2.51. The van der Waals surface area contributed by atoms with Crippen molar-refractivity contribution in [3.05, 3.63) is 101 Å². The number of aryl methyl sites for hydroxylation is 2. The van der Waals surface area contributed by atoms with Gasteiger partial charge in [-0.1, -0.05) is 300 Å². The number of aliphatic carboxylic acids is 1. The van der Waals surface area contributed by atoms with Crippen molar-refractivity contribution in [2.75, 3.05) is 12.4 Å². The second kappa shape index (κ2) is 47.9. The van der Waals surface area contributed by atoms with Crippen LogP contribution in [0.15, 0.2) is 77.7 Å². The number of esters is 2. The molecular weight excluding hydrogens is 1450 g/mol. The Balaban J connectivity index is 1.69. The largest absolute Gasteiger partial charge is 0.481 e. The third-order valence-corrected chi connectivity index (χ3v) is 27.7. The molecule has 5 unspecified atom stereocenters. The standard InChI is InChI=1S/C96H160N2O9S4/c1-19-22-25-28-31-34-37-40-43-46-49-74-51-55-76(56-52-74)80(68-96(18,87(102)107-83-71-93(13,14)98-94(15,16)72-83)110-88(108)109-63-48-45-42-39-36-33-30-27-24-21-3)64-79(77-59-61-84(62-60-77)111(103,104)105-73-89(4,5)6)66-95(17,86(101)106-82-69-91(9,10)97-92(11,12)70-82)67-81(65-90(7,8)85(99)100)78-57-53-75(54-58-78)50-47-44-41-38-35-32-29-26-23-20-2/h51-62,79-83,97-98H,19-50,63-73H2,1-18H3,(H,99,100). The summed E-state index contributed by atoms with van der Waals surface area (Å²) in [5.41, 5.74) is 1.24. The second-order valence-electron chi connectivity index (χ2n) is 39.4. The van der Waals surface area contributed by atoms with Crippen LogP contribution in [0.4, 0.5) is 0 Å². The van der Waals surface area contributed by atoms with E-state index in [4.69, 9.17) is 25.9 Å². The first kappa shape index (κ1) is 98.3. The molecule has 0 aromatic heterocycles.